The van der Waals surface area contributed by atoms with Crippen LogP contribution in [0, 0.1) is 0 Å². The molecule has 2 aromatic rings. The largest absolute Gasteiger partial charge is 0.412 e. The van der Waals surface area contributed by atoms with E-state index in [1.807, 2.05) is 25.2 Å². The fraction of sp³-hybridized carbons (Fsp3) is 0.125. The van der Waals surface area contributed by atoms with E-state index >= 15 is 0 Å². The van der Waals surface area contributed by atoms with Gasteiger partial charge in [-0.2, -0.15) is 5.10 Å². The number of anilines is 2. The van der Waals surface area contributed by atoms with E-state index in [0.717, 1.165) is 10.9 Å². The molecule has 2 rings (SSSR count). The number of hydrogen-bond acceptors (Lipinski definition) is 3. The number of halogens is 2. The van der Waals surface area contributed by atoms with Crippen LogP contribution in [0.2, 0.25) is 0 Å². The number of aryl methyl sites for hydroxylation is 1. The van der Waals surface area contributed by atoms with Gasteiger partial charge in [0.1, 0.15) is 5.82 Å². The molecule has 1 aromatic heterocycles. The first kappa shape index (κ1) is 16.3. The van der Waals surface area contributed by atoms with Gasteiger partial charge >= 0.3 is 0 Å². The summed E-state index contributed by atoms with van der Waals surface area (Å²) in [4.78, 5) is 0. The number of aromatic nitrogens is 2. The first-order valence-corrected chi connectivity index (χ1v) is 3.66. The SMILES string of the molecule is Cl.Cl.Cn1nc2ccc(N)cc2c1N.O. The van der Waals surface area contributed by atoms with Gasteiger partial charge in [0.25, 0.3) is 0 Å². The van der Waals surface area contributed by atoms with Gasteiger partial charge < -0.3 is 16.9 Å². The second kappa shape index (κ2) is 5.65. The van der Waals surface area contributed by atoms with Gasteiger partial charge in [-0.15, -0.1) is 24.8 Å². The van der Waals surface area contributed by atoms with Gasteiger partial charge in [0.15, 0.2) is 0 Å². The van der Waals surface area contributed by atoms with E-state index in [1.165, 1.54) is 0 Å². The Morgan fingerprint density at radius 3 is 2.40 bits per heavy atom. The lowest BCUT2D eigenvalue weighted by molar-refractivity contribution is 0.791. The smallest absolute Gasteiger partial charge is 0.129 e. The minimum atomic E-state index is 0. The van der Waals surface area contributed by atoms with Crippen molar-refractivity contribution in [3.8, 4) is 0 Å². The van der Waals surface area contributed by atoms with Crippen molar-refractivity contribution < 1.29 is 5.48 Å². The normalized spacial score (nSPS) is 8.60. The van der Waals surface area contributed by atoms with Gasteiger partial charge in [-0.25, -0.2) is 0 Å². The molecular formula is C8H14Cl2N4O. The molecular weight excluding hydrogens is 239 g/mol. The van der Waals surface area contributed by atoms with Gasteiger partial charge in [-0.1, -0.05) is 0 Å². The maximum absolute atomic E-state index is 5.75. The Balaban J connectivity index is 0. The summed E-state index contributed by atoms with van der Waals surface area (Å²) in [5.41, 5.74) is 13.0. The lowest BCUT2D eigenvalue weighted by Crippen LogP contribution is -1.96. The van der Waals surface area contributed by atoms with Crippen molar-refractivity contribution >= 4 is 47.2 Å². The number of benzene rings is 1. The van der Waals surface area contributed by atoms with Crippen molar-refractivity contribution in [1.82, 2.24) is 9.78 Å². The lowest BCUT2D eigenvalue weighted by Gasteiger charge is -1.93. The molecule has 0 saturated carbocycles. The zero-order valence-corrected chi connectivity index (χ0v) is 9.73. The van der Waals surface area contributed by atoms with Crippen molar-refractivity contribution in [1.29, 1.82) is 0 Å². The quantitative estimate of drug-likeness (QED) is 0.677. The van der Waals surface area contributed by atoms with Gasteiger partial charge in [0.05, 0.1) is 5.52 Å². The highest BCUT2D eigenvalue weighted by Gasteiger charge is 2.04. The number of nitrogen functional groups attached to an aromatic ring is 2. The van der Waals surface area contributed by atoms with Crippen LogP contribution in [0.5, 0.6) is 0 Å². The number of nitrogens with two attached hydrogens (primary N) is 2. The van der Waals surface area contributed by atoms with E-state index in [2.05, 4.69) is 5.10 Å². The summed E-state index contributed by atoms with van der Waals surface area (Å²) in [5, 5.41) is 5.10. The maximum atomic E-state index is 5.75. The Kier molecular flexibility index (Phi) is 6.13. The van der Waals surface area contributed by atoms with E-state index in [9.17, 15) is 0 Å². The van der Waals surface area contributed by atoms with Crippen LogP contribution in [0.4, 0.5) is 11.5 Å². The number of hydrogen-bond donors (Lipinski definition) is 2. The molecule has 0 bridgehead atoms. The molecule has 1 heterocycles. The van der Waals surface area contributed by atoms with E-state index in [0.29, 0.717) is 11.5 Å². The second-order valence-corrected chi connectivity index (χ2v) is 2.79. The van der Waals surface area contributed by atoms with Gasteiger partial charge in [0.2, 0.25) is 0 Å². The van der Waals surface area contributed by atoms with Gasteiger partial charge in [0, 0.05) is 18.1 Å². The van der Waals surface area contributed by atoms with E-state index in [4.69, 9.17) is 11.5 Å². The highest BCUT2D eigenvalue weighted by atomic mass is 35.5. The molecule has 0 aliphatic heterocycles. The van der Waals surface area contributed by atoms with Crippen LogP contribution in [0.25, 0.3) is 10.9 Å². The topological polar surface area (TPSA) is 101 Å². The number of fused-ring (bicyclic) bond motifs is 1. The zero-order valence-electron chi connectivity index (χ0n) is 8.10. The minimum absolute atomic E-state index is 0. The summed E-state index contributed by atoms with van der Waals surface area (Å²) in [6.45, 7) is 0. The van der Waals surface area contributed by atoms with Gasteiger partial charge in [-0.05, 0) is 18.2 Å². The Morgan fingerprint density at radius 2 is 1.80 bits per heavy atom. The lowest BCUT2D eigenvalue weighted by atomic mass is 10.2. The van der Waals surface area contributed by atoms with Crippen LogP contribution in [0.1, 0.15) is 0 Å². The molecule has 0 atom stereocenters. The monoisotopic (exact) mass is 252 g/mol. The Hall–Kier alpha value is -1.17. The third-order valence-corrected chi connectivity index (χ3v) is 1.90. The van der Waals surface area contributed by atoms with E-state index in [1.54, 1.807) is 4.68 Å². The fourth-order valence-corrected chi connectivity index (χ4v) is 1.24. The summed E-state index contributed by atoms with van der Waals surface area (Å²) < 4.78 is 1.64. The number of nitrogens with zero attached hydrogens (tertiary/aromatic N) is 2. The first-order valence-electron chi connectivity index (χ1n) is 3.66. The third-order valence-electron chi connectivity index (χ3n) is 1.90. The van der Waals surface area contributed by atoms with Crippen molar-refractivity contribution in [2.45, 2.75) is 0 Å². The molecule has 6 N–H and O–H groups in total. The summed E-state index contributed by atoms with van der Waals surface area (Å²) in [7, 11) is 1.81. The highest BCUT2D eigenvalue weighted by molar-refractivity contribution is 5.91. The third kappa shape index (κ3) is 2.65. The van der Waals surface area contributed by atoms with Crippen LogP contribution < -0.4 is 11.5 Å². The van der Waals surface area contributed by atoms with Crippen molar-refractivity contribution in [3.05, 3.63) is 18.2 Å². The summed E-state index contributed by atoms with van der Waals surface area (Å²) >= 11 is 0. The molecule has 0 saturated heterocycles. The average Bonchev–Trinajstić information content (AvgIpc) is 2.31. The standard InChI is InChI=1S/C8H10N4.2ClH.H2O/c1-12-8(10)6-4-5(9)2-3-7(6)11-12;;;/h2-4H,9-10H2,1H3;2*1H;1H2. The first-order chi connectivity index (χ1) is 5.68. The molecule has 1 aromatic carbocycles. The van der Waals surface area contributed by atoms with Crippen molar-refractivity contribution in [3.63, 3.8) is 0 Å². The van der Waals surface area contributed by atoms with Crippen LogP contribution in [0.15, 0.2) is 18.2 Å². The van der Waals surface area contributed by atoms with Gasteiger partial charge in [-0.3, -0.25) is 4.68 Å². The molecule has 0 spiro atoms. The predicted molar refractivity (Wildman–Crippen MR) is 67.6 cm³/mol. The fourth-order valence-electron chi connectivity index (χ4n) is 1.24. The van der Waals surface area contributed by atoms with Crippen LogP contribution in [-0.4, -0.2) is 15.3 Å². The Labute approximate surface area is 99.6 Å². The second-order valence-electron chi connectivity index (χ2n) is 2.79. The Morgan fingerprint density at radius 1 is 1.20 bits per heavy atom. The molecule has 0 amide bonds. The average molecular weight is 253 g/mol. The summed E-state index contributed by atoms with van der Waals surface area (Å²) in [6, 6.07) is 5.51. The molecule has 7 heteroatoms. The molecule has 0 radical (unpaired) electrons. The van der Waals surface area contributed by atoms with Crippen LogP contribution in [0.3, 0.4) is 0 Å². The summed E-state index contributed by atoms with van der Waals surface area (Å²) in [5.74, 6) is 0.650. The highest BCUT2D eigenvalue weighted by Crippen LogP contribution is 2.21. The molecule has 86 valence electrons. The predicted octanol–water partition coefficient (Wildman–Crippen LogP) is 0.757. The molecule has 5 nitrogen and oxygen atoms in total. The molecule has 0 aliphatic carbocycles. The molecule has 0 unspecified atom stereocenters. The maximum Gasteiger partial charge on any atom is 0.129 e. The number of rotatable bonds is 0. The summed E-state index contributed by atoms with van der Waals surface area (Å²) in [6.07, 6.45) is 0. The molecule has 0 fully saturated rings. The van der Waals surface area contributed by atoms with Crippen molar-refractivity contribution in [2.24, 2.45) is 7.05 Å². The van der Waals surface area contributed by atoms with E-state index < -0.39 is 0 Å². The zero-order chi connectivity index (χ0) is 8.72. The molecule has 0 aliphatic rings. The molecule has 15 heavy (non-hydrogen) atoms. The Bertz CT molecular complexity index is 443. The van der Waals surface area contributed by atoms with Crippen LogP contribution >= 0.6 is 24.8 Å². The van der Waals surface area contributed by atoms with Crippen LogP contribution in [-0.2, 0) is 7.05 Å². The van der Waals surface area contributed by atoms with Crippen molar-refractivity contribution in [2.75, 3.05) is 11.5 Å². The minimum Gasteiger partial charge on any atom is -0.412 e. The van der Waals surface area contributed by atoms with E-state index in [-0.39, 0.29) is 30.3 Å².